The molecule has 8 heavy (non-hydrogen) atoms. The Balaban J connectivity index is 3.13. The van der Waals surface area contributed by atoms with Crippen LogP contribution >= 0.6 is 22.9 Å². The van der Waals surface area contributed by atoms with E-state index in [1.807, 2.05) is 22.0 Å². The average molecular weight is 221 g/mol. The SMILES string of the molecule is Cc1nccc[n+]1I. The second kappa shape index (κ2) is 2.39. The van der Waals surface area contributed by atoms with Crippen molar-refractivity contribution < 1.29 is 2.78 Å². The molecule has 0 radical (unpaired) electrons. The highest BCUT2D eigenvalue weighted by Gasteiger charge is 1.96. The number of rotatable bonds is 0. The van der Waals surface area contributed by atoms with Crippen LogP contribution in [0.3, 0.4) is 0 Å². The molecule has 1 rings (SSSR count). The van der Waals surface area contributed by atoms with Gasteiger partial charge in [-0.15, -0.1) is 0 Å². The molecule has 42 valence electrons. The van der Waals surface area contributed by atoms with E-state index in [4.69, 9.17) is 0 Å². The van der Waals surface area contributed by atoms with E-state index in [1.165, 1.54) is 0 Å². The third-order valence-corrected chi connectivity index (χ3v) is 1.89. The Bertz CT molecular complexity index is 167. The van der Waals surface area contributed by atoms with Gasteiger partial charge in [0.25, 0.3) is 0 Å². The molecule has 0 saturated heterocycles. The van der Waals surface area contributed by atoms with Crippen molar-refractivity contribution in [3.05, 3.63) is 24.3 Å². The minimum absolute atomic E-state index is 1.02. The van der Waals surface area contributed by atoms with Crippen LogP contribution in [0.2, 0.25) is 0 Å². The Morgan fingerprint density at radius 3 is 2.88 bits per heavy atom. The molecule has 0 aliphatic carbocycles. The van der Waals surface area contributed by atoms with Crippen LogP contribution in [0.25, 0.3) is 0 Å². The summed E-state index contributed by atoms with van der Waals surface area (Å²) < 4.78 is 1.94. The van der Waals surface area contributed by atoms with E-state index in [2.05, 4.69) is 27.8 Å². The third-order valence-electron chi connectivity index (χ3n) is 0.874. The largest absolute Gasteiger partial charge is 0.303 e. The molecule has 0 fully saturated rings. The molecule has 0 saturated carbocycles. The molecule has 3 heteroatoms. The van der Waals surface area contributed by atoms with E-state index in [0.29, 0.717) is 0 Å². The number of aromatic nitrogens is 2. The van der Waals surface area contributed by atoms with Crippen molar-refractivity contribution in [3.8, 4) is 0 Å². The molecule has 1 aromatic rings. The second-order valence-electron chi connectivity index (χ2n) is 1.48. The highest BCUT2D eigenvalue weighted by atomic mass is 127. The molecule has 0 unspecified atom stereocenters. The summed E-state index contributed by atoms with van der Waals surface area (Å²) in [7, 11) is 0. The predicted octanol–water partition coefficient (Wildman–Crippen LogP) is 0.876. The van der Waals surface area contributed by atoms with E-state index < -0.39 is 0 Å². The highest BCUT2D eigenvalue weighted by molar-refractivity contribution is 14.1. The third kappa shape index (κ3) is 1.15. The maximum absolute atomic E-state index is 4.03. The molecule has 0 spiro atoms. The van der Waals surface area contributed by atoms with Crippen LogP contribution in [-0.2, 0) is 0 Å². The Labute approximate surface area is 62.1 Å². The van der Waals surface area contributed by atoms with Gasteiger partial charge in [0.1, 0.15) is 12.4 Å². The van der Waals surface area contributed by atoms with Crippen molar-refractivity contribution in [2.45, 2.75) is 6.92 Å². The molecule has 1 aromatic heterocycles. The van der Waals surface area contributed by atoms with Crippen LogP contribution < -0.4 is 2.78 Å². The summed E-state index contributed by atoms with van der Waals surface area (Å²) in [6.45, 7) is 1.96. The van der Waals surface area contributed by atoms with Gasteiger partial charge in [-0.1, -0.05) is 4.98 Å². The lowest BCUT2D eigenvalue weighted by Gasteiger charge is -1.82. The predicted molar refractivity (Wildman–Crippen MR) is 38.6 cm³/mol. The number of hydrogen-bond acceptors (Lipinski definition) is 1. The number of hydrogen-bond donors (Lipinski definition) is 0. The van der Waals surface area contributed by atoms with E-state index in [-0.39, 0.29) is 0 Å². The zero-order chi connectivity index (χ0) is 5.98. The summed E-state index contributed by atoms with van der Waals surface area (Å²) in [5, 5.41) is 0. The quantitative estimate of drug-likeness (QED) is 0.594. The van der Waals surface area contributed by atoms with Crippen molar-refractivity contribution in [2.24, 2.45) is 0 Å². The summed E-state index contributed by atoms with van der Waals surface area (Å²) in [6.07, 6.45) is 3.74. The fourth-order valence-electron chi connectivity index (χ4n) is 0.428. The molecule has 0 aliphatic rings. The van der Waals surface area contributed by atoms with Gasteiger partial charge in [0.15, 0.2) is 0 Å². The standard InChI is InChI=1S/C5H6IN2/c1-5-7-3-2-4-8(5)6/h2-4H,1H3/q+1. The van der Waals surface area contributed by atoms with Crippen molar-refractivity contribution in [2.75, 3.05) is 0 Å². The molecule has 2 nitrogen and oxygen atoms in total. The van der Waals surface area contributed by atoms with Gasteiger partial charge in [-0.3, -0.25) is 0 Å². The van der Waals surface area contributed by atoms with Crippen LogP contribution in [0.1, 0.15) is 5.82 Å². The van der Waals surface area contributed by atoms with Crippen molar-refractivity contribution in [3.63, 3.8) is 0 Å². The van der Waals surface area contributed by atoms with Crippen molar-refractivity contribution in [1.29, 1.82) is 0 Å². The first kappa shape index (κ1) is 5.94. The van der Waals surface area contributed by atoms with Gasteiger partial charge >= 0.3 is 5.82 Å². The lowest BCUT2D eigenvalue weighted by atomic mass is 10.6. The molecule has 0 aromatic carbocycles. The van der Waals surface area contributed by atoms with Crippen LogP contribution in [0.5, 0.6) is 0 Å². The first-order valence-corrected chi connectivity index (χ1v) is 3.26. The normalized spacial score (nSPS) is 9.25. The molecular formula is C5H6IN2+. The molecule has 0 atom stereocenters. The Morgan fingerprint density at radius 1 is 1.75 bits per heavy atom. The van der Waals surface area contributed by atoms with Crippen LogP contribution in [-0.4, -0.2) is 4.98 Å². The number of halogens is 1. The Hall–Kier alpha value is -0.190. The fourth-order valence-corrected chi connectivity index (χ4v) is 0.738. The summed E-state index contributed by atoms with van der Waals surface area (Å²) in [5.74, 6) is 1.02. The van der Waals surface area contributed by atoms with E-state index in [9.17, 15) is 0 Å². The summed E-state index contributed by atoms with van der Waals surface area (Å²) >= 11 is 2.18. The molecule has 1 heterocycles. The lowest BCUT2D eigenvalue weighted by molar-refractivity contribution is -0.453. The maximum atomic E-state index is 4.03. The zero-order valence-electron chi connectivity index (χ0n) is 4.50. The topological polar surface area (TPSA) is 16.8 Å². The van der Waals surface area contributed by atoms with Crippen LogP contribution in [0, 0.1) is 6.92 Å². The van der Waals surface area contributed by atoms with Crippen molar-refractivity contribution in [1.82, 2.24) is 4.98 Å². The summed E-state index contributed by atoms with van der Waals surface area (Å²) in [4.78, 5) is 4.03. The van der Waals surface area contributed by atoms with E-state index >= 15 is 0 Å². The zero-order valence-corrected chi connectivity index (χ0v) is 6.66. The first-order valence-electron chi connectivity index (χ1n) is 2.30. The smallest absolute Gasteiger partial charge is 0.174 e. The summed E-state index contributed by atoms with van der Waals surface area (Å²) in [6, 6.07) is 1.90. The molecule has 0 bridgehead atoms. The van der Waals surface area contributed by atoms with Crippen LogP contribution in [0.15, 0.2) is 18.5 Å². The van der Waals surface area contributed by atoms with Gasteiger partial charge in [-0.05, 0) is 0 Å². The average Bonchev–Trinajstić information content (AvgIpc) is 1.77. The van der Waals surface area contributed by atoms with Crippen LogP contribution in [0.4, 0.5) is 0 Å². The fraction of sp³-hybridized carbons (Fsp3) is 0.200. The highest BCUT2D eigenvalue weighted by Crippen LogP contribution is 1.82. The Morgan fingerprint density at radius 2 is 2.50 bits per heavy atom. The van der Waals surface area contributed by atoms with Gasteiger partial charge in [-0.2, -0.15) is 2.78 Å². The molecule has 0 N–H and O–H groups in total. The minimum Gasteiger partial charge on any atom is -0.174 e. The van der Waals surface area contributed by atoms with Gasteiger partial charge in [0, 0.05) is 13.0 Å². The van der Waals surface area contributed by atoms with Gasteiger partial charge in [0.2, 0.25) is 22.9 Å². The lowest BCUT2D eigenvalue weighted by Crippen LogP contribution is -2.23. The van der Waals surface area contributed by atoms with Gasteiger partial charge in [0.05, 0.1) is 0 Å². The maximum Gasteiger partial charge on any atom is 0.303 e. The monoisotopic (exact) mass is 221 g/mol. The Kier molecular flexibility index (Phi) is 1.77. The van der Waals surface area contributed by atoms with Gasteiger partial charge in [-0.25, -0.2) is 0 Å². The van der Waals surface area contributed by atoms with E-state index in [1.54, 1.807) is 6.20 Å². The van der Waals surface area contributed by atoms with Gasteiger partial charge < -0.3 is 0 Å². The second-order valence-corrected chi connectivity index (χ2v) is 2.52. The minimum atomic E-state index is 1.02. The molecular weight excluding hydrogens is 215 g/mol. The molecule has 0 aliphatic heterocycles. The summed E-state index contributed by atoms with van der Waals surface area (Å²) in [5.41, 5.74) is 0. The number of nitrogens with zero attached hydrogens (tertiary/aromatic N) is 2. The molecule has 0 amide bonds. The van der Waals surface area contributed by atoms with E-state index in [0.717, 1.165) is 5.82 Å². The number of aryl methyl sites for hydroxylation is 1. The first-order chi connectivity index (χ1) is 3.80. The van der Waals surface area contributed by atoms with Crippen molar-refractivity contribution >= 4 is 22.9 Å².